The van der Waals surface area contributed by atoms with Crippen LogP contribution in [-0.2, 0) is 21.2 Å². The fraction of sp³-hybridized carbons (Fsp3) is 0.350. The highest BCUT2D eigenvalue weighted by molar-refractivity contribution is 7.92. The minimum absolute atomic E-state index is 0.132. The molecule has 0 N–H and O–H groups in total. The van der Waals surface area contributed by atoms with Gasteiger partial charge in [-0.15, -0.1) is 0 Å². The van der Waals surface area contributed by atoms with Crippen LogP contribution in [0.15, 0.2) is 42.5 Å². The van der Waals surface area contributed by atoms with Gasteiger partial charge in [-0.25, -0.2) is 8.42 Å². The zero-order valence-corrected chi connectivity index (χ0v) is 17.3. The lowest BCUT2D eigenvalue weighted by atomic mass is 10.0. The van der Waals surface area contributed by atoms with Gasteiger partial charge in [-0.2, -0.15) is 0 Å². The number of non-ortho nitro benzene ring substituents is 1. The van der Waals surface area contributed by atoms with Crippen molar-refractivity contribution in [2.75, 3.05) is 22.0 Å². The van der Waals surface area contributed by atoms with E-state index in [9.17, 15) is 23.3 Å². The van der Waals surface area contributed by atoms with Crippen LogP contribution >= 0.6 is 0 Å². The average Bonchev–Trinajstić information content (AvgIpc) is 2.67. The van der Waals surface area contributed by atoms with Crippen LogP contribution in [0, 0.1) is 17.0 Å². The molecule has 2 aromatic carbocycles. The number of nitrogens with zero attached hydrogens (tertiary/aromatic N) is 3. The Balaban J connectivity index is 2.05. The summed E-state index contributed by atoms with van der Waals surface area (Å²) in [4.78, 5) is 25.5. The van der Waals surface area contributed by atoms with Crippen molar-refractivity contribution in [2.45, 2.75) is 32.7 Å². The monoisotopic (exact) mass is 417 g/mol. The third-order valence-corrected chi connectivity index (χ3v) is 6.31. The number of anilines is 2. The molecule has 3 rings (SSSR count). The Labute approximate surface area is 169 Å². The fourth-order valence-corrected chi connectivity index (χ4v) is 4.93. The van der Waals surface area contributed by atoms with Crippen molar-refractivity contribution in [1.29, 1.82) is 0 Å². The van der Waals surface area contributed by atoms with Gasteiger partial charge in [-0.1, -0.05) is 24.3 Å². The first kappa shape index (κ1) is 20.8. The van der Waals surface area contributed by atoms with Crippen molar-refractivity contribution >= 4 is 33.0 Å². The summed E-state index contributed by atoms with van der Waals surface area (Å²) in [5, 5.41) is 11.2. The number of nitro benzene ring substituents is 1. The van der Waals surface area contributed by atoms with E-state index in [0.29, 0.717) is 12.1 Å². The van der Waals surface area contributed by atoms with Crippen LogP contribution in [0.4, 0.5) is 17.1 Å². The third-order valence-electron chi connectivity index (χ3n) is 5.08. The molecule has 9 heteroatoms. The predicted octanol–water partition coefficient (Wildman–Crippen LogP) is 3.04. The van der Waals surface area contributed by atoms with Gasteiger partial charge in [0.05, 0.1) is 16.9 Å². The Hall–Kier alpha value is -2.94. The van der Waals surface area contributed by atoms with E-state index in [1.54, 1.807) is 11.8 Å². The van der Waals surface area contributed by atoms with Crippen LogP contribution in [-0.4, -0.2) is 38.1 Å². The molecule has 2 aromatic rings. The molecular weight excluding hydrogens is 394 g/mol. The second-order valence-electron chi connectivity index (χ2n) is 7.18. The second-order valence-corrected chi connectivity index (χ2v) is 9.04. The van der Waals surface area contributed by atoms with Crippen molar-refractivity contribution in [2.24, 2.45) is 0 Å². The van der Waals surface area contributed by atoms with Gasteiger partial charge >= 0.3 is 0 Å². The van der Waals surface area contributed by atoms with Gasteiger partial charge in [0.2, 0.25) is 10.0 Å². The summed E-state index contributed by atoms with van der Waals surface area (Å²) in [5.74, 6) is -0.367. The molecule has 0 radical (unpaired) electrons. The second kappa shape index (κ2) is 7.82. The number of hydrogen-bond acceptors (Lipinski definition) is 5. The molecule has 154 valence electrons. The molecule has 0 saturated carbocycles. The van der Waals surface area contributed by atoms with Gasteiger partial charge in [0.15, 0.2) is 0 Å². The van der Waals surface area contributed by atoms with Crippen LogP contribution < -0.4 is 9.21 Å². The largest absolute Gasteiger partial charge is 0.310 e. The van der Waals surface area contributed by atoms with Gasteiger partial charge < -0.3 is 4.90 Å². The summed E-state index contributed by atoms with van der Waals surface area (Å²) in [7, 11) is -3.88. The van der Waals surface area contributed by atoms with Crippen molar-refractivity contribution in [1.82, 2.24) is 0 Å². The smallest absolute Gasteiger partial charge is 0.271 e. The maximum atomic E-state index is 13.3. The Bertz CT molecular complexity index is 1070. The van der Waals surface area contributed by atoms with Gasteiger partial charge in [-0.3, -0.25) is 19.2 Å². The van der Waals surface area contributed by atoms with Crippen molar-refractivity contribution in [3.63, 3.8) is 0 Å². The number of para-hydroxylation sites is 1. The number of nitro groups is 1. The van der Waals surface area contributed by atoms with Crippen LogP contribution in [0.5, 0.6) is 0 Å². The molecule has 1 aliphatic rings. The Kier molecular flexibility index (Phi) is 5.61. The van der Waals surface area contributed by atoms with Gasteiger partial charge in [0, 0.05) is 24.4 Å². The number of hydrogen-bond donors (Lipinski definition) is 0. The summed E-state index contributed by atoms with van der Waals surface area (Å²) < 4.78 is 26.2. The van der Waals surface area contributed by atoms with E-state index < -0.39 is 21.0 Å². The molecule has 0 aliphatic carbocycles. The molecule has 0 aromatic heterocycles. The van der Waals surface area contributed by atoms with Crippen LogP contribution in [0.25, 0.3) is 0 Å². The van der Waals surface area contributed by atoms with E-state index in [-0.39, 0.29) is 17.3 Å². The molecule has 1 aliphatic heterocycles. The molecule has 1 amide bonds. The van der Waals surface area contributed by atoms with E-state index in [4.69, 9.17) is 0 Å². The zero-order valence-electron chi connectivity index (χ0n) is 16.5. The Morgan fingerprint density at radius 3 is 2.59 bits per heavy atom. The number of rotatable bonds is 5. The minimum atomic E-state index is -3.88. The molecule has 8 nitrogen and oxygen atoms in total. The van der Waals surface area contributed by atoms with Crippen molar-refractivity contribution in [3.8, 4) is 0 Å². The molecule has 1 unspecified atom stereocenters. The van der Waals surface area contributed by atoms with Gasteiger partial charge in [0.25, 0.3) is 11.6 Å². The van der Waals surface area contributed by atoms with E-state index in [2.05, 4.69) is 0 Å². The first-order chi connectivity index (χ1) is 13.6. The Morgan fingerprint density at radius 1 is 1.24 bits per heavy atom. The number of aryl methyl sites for hydroxylation is 2. The van der Waals surface area contributed by atoms with Gasteiger partial charge in [0.1, 0.15) is 6.04 Å². The fourth-order valence-electron chi connectivity index (χ4n) is 3.71. The highest BCUT2D eigenvalue weighted by atomic mass is 32.2. The first-order valence-electron chi connectivity index (χ1n) is 9.25. The highest BCUT2D eigenvalue weighted by Crippen LogP contribution is 2.32. The molecule has 1 atom stereocenters. The number of amides is 1. The normalized spacial score (nSPS) is 14.8. The lowest BCUT2D eigenvalue weighted by molar-refractivity contribution is -0.384. The molecule has 0 saturated heterocycles. The molecular formula is C20H23N3O5S. The lowest BCUT2D eigenvalue weighted by Gasteiger charge is -2.35. The SMILES string of the molecule is Cc1ccc([N+](=O)[O-])cc1N(C(C)C(=O)N1CCCc2ccccc21)S(C)(=O)=O. The summed E-state index contributed by atoms with van der Waals surface area (Å²) in [5.41, 5.74) is 2.24. The van der Waals surface area contributed by atoms with Crippen molar-refractivity contribution in [3.05, 3.63) is 63.7 Å². The molecule has 1 heterocycles. The summed E-state index contributed by atoms with van der Waals surface area (Å²) in [6, 6.07) is 10.5. The summed E-state index contributed by atoms with van der Waals surface area (Å²) in [6.07, 6.45) is 2.64. The molecule has 29 heavy (non-hydrogen) atoms. The maximum absolute atomic E-state index is 13.3. The van der Waals surface area contributed by atoms with Gasteiger partial charge in [-0.05, 0) is 43.9 Å². The first-order valence-corrected chi connectivity index (χ1v) is 11.1. The number of sulfonamides is 1. The van der Waals surface area contributed by atoms with E-state index in [0.717, 1.165) is 34.7 Å². The van der Waals surface area contributed by atoms with Crippen LogP contribution in [0.1, 0.15) is 24.5 Å². The molecule has 0 bridgehead atoms. The van der Waals surface area contributed by atoms with Crippen molar-refractivity contribution < 1.29 is 18.1 Å². The molecule has 0 fully saturated rings. The zero-order chi connectivity index (χ0) is 21.3. The van der Waals surface area contributed by atoms with Crippen LogP contribution in [0.3, 0.4) is 0 Å². The van der Waals surface area contributed by atoms with E-state index in [1.165, 1.54) is 25.1 Å². The summed E-state index contributed by atoms with van der Waals surface area (Å²) >= 11 is 0. The maximum Gasteiger partial charge on any atom is 0.271 e. The van der Waals surface area contributed by atoms with Crippen LogP contribution in [0.2, 0.25) is 0 Å². The lowest BCUT2D eigenvalue weighted by Crippen LogP contribution is -2.51. The van der Waals surface area contributed by atoms with E-state index >= 15 is 0 Å². The minimum Gasteiger partial charge on any atom is -0.310 e. The average molecular weight is 417 g/mol. The number of benzene rings is 2. The number of carbonyl (C=O) groups excluding carboxylic acids is 1. The molecule has 0 spiro atoms. The summed E-state index contributed by atoms with van der Waals surface area (Å²) in [6.45, 7) is 3.66. The predicted molar refractivity (Wildman–Crippen MR) is 112 cm³/mol. The van der Waals surface area contributed by atoms with E-state index in [1.807, 2.05) is 24.3 Å². The number of fused-ring (bicyclic) bond motifs is 1. The Morgan fingerprint density at radius 2 is 1.93 bits per heavy atom. The number of carbonyl (C=O) groups is 1. The topological polar surface area (TPSA) is 101 Å². The standard InChI is InChI=1S/C20H23N3O5S/c1-14-10-11-17(23(25)26)13-19(14)22(29(3,27)28)15(2)20(24)21-12-6-8-16-7-4-5-9-18(16)21/h4-5,7,9-11,13,15H,6,8,12H2,1-3H3. The highest BCUT2D eigenvalue weighted by Gasteiger charge is 2.35. The third kappa shape index (κ3) is 4.09. The quantitative estimate of drug-likeness (QED) is 0.550.